The van der Waals surface area contributed by atoms with Crippen LogP contribution in [0.15, 0.2) is 54.6 Å². The van der Waals surface area contributed by atoms with Crippen molar-refractivity contribution in [3.8, 4) is 11.1 Å². The number of rotatable bonds is 8. The molecule has 3 aromatic carbocycles. The van der Waals surface area contributed by atoms with Crippen LogP contribution in [0.3, 0.4) is 0 Å². The molecule has 0 N–H and O–H groups in total. The number of hydrogen-bond donors (Lipinski definition) is 0. The lowest BCUT2D eigenvalue weighted by molar-refractivity contribution is 0.308. The lowest BCUT2D eigenvalue weighted by Crippen LogP contribution is -2.13. The van der Waals surface area contributed by atoms with Gasteiger partial charge in [0.1, 0.15) is 23.6 Å². The number of halogens is 3. The van der Waals surface area contributed by atoms with Gasteiger partial charge in [-0.2, -0.15) is 0 Å². The number of epoxide rings is 1. The summed E-state index contributed by atoms with van der Waals surface area (Å²) in [4.78, 5) is 0. The van der Waals surface area contributed by atoms with E-state index in [2.05, 4.69) is 31.2 Å². The highest BCUT2D eigenvalue weighted by Gasteiger charge is 2.31. The van der Waals surface area contributed by atoms with Crippen LogP contribution in [-0.2, 0) is 17.6 Å². The van der Waals surface area contributed by atoms with Crippen LogP contribution in [-0.4, -0.2) is 6.61 Å². The summed E-state index contributed by atoms with van der Waals surface area (Å²) < 4.78 is 48.6. The maximum absolute atomic E-state index is 14.9. The van der Waals surface area contributed by atoms with Gasteiger partial charge in [0.2, 0.25) is 0 Å². The van der Waals surface area contributed by atoms with Gasteiger partial charge in [-0.05, 0) is 90.8 Å². The molecule has 1 aliphatic heterocycles. The van der Waals surface area contributed by atoms with Gasteiger partial charge >= 0.3 is 0 Å². The summed E-state index contributed by atoms with van der Waals surface area (Å²) in [5.41, 5.74) is 3.88. The third kappa shape index (κ3) is 5.64. The van der Waals surface area contributed by atoms with E-state index in [-0.39, 0.29) is 16.7 Å². The van der Waals surface area contributed by atoms with Crippen LogP contribution < -0.4 is 0 Å². The Labute approximate surface area is 206 Å². The maximum Gasteiger partial charge on any atom is 0.132 e. The van der Waals surface area contributed by atoms with Crippen LogP contribution >= 0.6 is 0 Å². The highest BCUT2D eigenvalue weighted by atomic mass is 19.1. The third-order valence-corrected chi connectivity index (χ3v) is 7.78. The SMILES string of the molecule is CCCC1CCC(c2ccc(CCc3ccc(-c4cc(F)c(C5CO5)c(F)c4)c(F)c3)cc2)CC1. The molecule has 4 heteroatoms. The molecule has 1 saturated heterocycles. The highest BCUT2D eigenvalue weighted by Crippen LogP contribution is 2.38. The monoisotopic (exact) mass is 478 g/mol. The first-order valence-electron chi connectivity index (χ1n) is 13.0. The average Bonchev–Trinajstić information content (AvgIpc) is 3.68. The average molecular weight is 479 g/mol. The molecule has 0 spiro atoms. The summed E-state index contributed by atoms with van der Waals surface area (Å²) in [5.74, 6) is -0.256. The van der Waals surface area contributed by atoms with Crippen molar-refractivity contribution in [2.24, 2.45) is 5.92 Å². The molecule has 0 bridgehead atoms. The van der Waals surface area contributed by atoms with Gasteiger partial charge in [-0.3, -0.25) is 0 Å². The molecule has 1 aliphatic carbocycles. The largest absolute Gasteiger partial charge is 0.368 e. The quantitative estimate of drug-likeness (QED) is 0.295. The van der Waals surface area contributed by atoms with E-state index in [4.69, 9.17) is 4.74 Å². The third-order valence-electron chi connectivity index (χ3n) is 7.78. The summed E-state index contributed by atoms with van der Waals surface area (Å²) in [6.45, 7) is 2.60. The van der Waals surface area contributed by atoms with Gasteiger partial charge in [0, 0.05) is 5.56 Å². The van der Waals surface area contributed by atoms with Crippen molar-refractivity contribution in [2.75, 3.05) is 6.61 Å². The summed E-state index contributed by atoms with van der Waals surface area (Å²) >= 11 is 0. The van der Waals surface area contributed by atoms with Crippen LogP contribution in [0.1, 0.15) is 79.7 Å². The zero-order chi connectivity index (χ0) is 24.4. The second kappa shape index (κ2) is 10.6. The lowest BCUT2D eigenvalue weighted by atomic mass is 9.77. The molecule has 3 aromatic rings. The fourth-order valence-electron chi connectivity index (χ4n) is 5.65. The molecule has 2 aliphatic rings. The minimum atomic E-state index is -0.691. The number of hydrogen-bond acceptors (Lipinski definition) is 1. The van der Waals surface area contributed by atoms with Crippen molar-refractivity contribution in [3.63, 3.8) is 0 Å². The van der Waals surface area contributed by atoms with E-state index < -0.39 is 23.6 Å². The highest BCUT2D eigenvalue weighted by molar-refractivity contribution is 5.65. The van der Waals surface area contributed by atoms with Crippen molar-refractivity contribution in [1.82, 2.24) is 0 Å². The van der Waals surface area contributed by atoms with Crippen LogP contribution in [0.4, 0.5) is 13.2 Å². The predicted octanol–water partition coefficient (Wildman–Crippen LogP) is 8.70. The van der Waals surface area contributed by atoms with E-state index in [9.17, 15) is 13.2 Å². The molecule has 5 rings (SSSR count). The molecule has 1 unspecified atom stereocenters. The smallest absolute Gasteiger partial charge is 0.132 e. The summed E-state index contributed by atoms with van der Waals surface area (Å²) in [5, 5.41) is 0. The number of aryl methyl sites for hydroxylation is 2. The Hall–Kier alpha value is -2.59. The molecule has 184 valence electrons. The summed E-state index contributed by atoms with van der Waals surface area (Å²) in [6, 6.07) is 16.3. The van der Waals surface area contributed by atoms with Crippen molar-refractivity contribution in [2.45, 2.75) is 70.3 Å². The Morgan fingerprint density at radius 1 is 0.771 bits per heavy atom. The normalized spacial score (nSPS) is 21.8. The van der Waals surface area contributed by atoms with Crippen LogP contribution in [0.25, 0.3) is 11.1 Å². The zero-order valence-corrected chi connectivity index (χ0v) is 20.3. The molecule has 2 fully saturated rings. The first-order valence-corrected chi connectivity index (χ1v) is 13.0. The first-order chi connectivity index (χ1) is 17.0. The van der Waals surface area contributed by atoms with Gasteiger partial charge in [0.25, 0.3) is 0 Å². The number of ether oxygens (including phenoxy) is 1. The molecule has 1 saturated carbocycles. The minimum absolute atomic E-state index is 0.0685. The molecule has 1 nitrogen and oxygen atoms in total. The Kier molecular flexibility index (Phi) is 7.29. The zero-order valence-electron chi connectivity index (χ0n) is 20.3. The standard InChI is InChI=1S/C31H33F3O/c1-2-3-20-6-11-23(12-7-20)24-13-8-21(9-14-24)4-5-22-10-15-26(27(32)16-22)25-17-28(33)31(29(34)18-25)30-19-35-30/h8-10,13-18,20,23,30H,2-7,11-12,19H2,1H3. The van der Waals surface area contributed by atoms with Crippen LogP contribution in [0.5, 0.6) is 0 Å². The Balaban J connectivity index is 1.20. The van der Waals surface area contributed by atoms with Gasteiger partial charge < -0.3 is 4.74 Å². The topological polar surface area (TPSA) is 12.5 Å². The van der Waals surface area contributed by atoms with Gasteiger partial charge in [-0.1, -0.05) is 56.2 Å². The summed E-state index contributed by atoms with van der Waals surface area (Å²) in [6.07, 6.45) is 8.94. The molecule has 35 heavy (non-hydrogen) atoms. The van der Waals surface area contributed by atoms with E-state index in [1.165, 1.54) is 67.9 Å². The van der Waals surface area contributed by atoms with Gasteiger partial charge in [-0.25, -0.2) is 13.2 Å². The predicted molar refractivity (Wildman–Crippen MR) is 134 cm³/mol. The lowest BCUT2D eigenvalue weighted by Gasteiger charge is -2.28. The fourth-order valence-corrected chi connectivity index (χ4v) is 5.65. The minimum Gasteiger partial charge on any atom is -0.368 e. The van der Waals surface area contributed by atoms with Crippen LogP contribution in [0.2, 0.25) is 0 Å². The van der Waals surface area contributed by atoms with Crippen molar-refractivity contribution >= 4 is 0 Å². The van der Waals surface area contributed by atoms with E-state index in [1.807, 2.05) is 6.07 Å². The fraction of sp³-hybridized carbons (Fsp3) is 0.419. The van der Waals surface area contributed by atoms with E-state index in [1.54, 1.807) is 6.07 Å². The Bertz CT molecular complexity index is 1140. The molecule has 1 heterocycles. The van der Waals surface area contributed by atoms with Gasteiger partial charge in [0.15, 0.2) is 0 Å². The first kappa shape index (κ1) is 24.1. The number of benzene rings is 3. The van der Waals surface area contributed by atoms with Gasteiger partial charge in [-0.15, -0.1) is 0 Å². The van der Waals surface area contributed by atoms with Crippen molar-refractivity contribution in [3.05, 3.63) is 94.3 Å². The van der Waals surface area contributed by atoms with E-state index in [0.717, 1.165) is 17.9 Å². The second-order valence-corrected chi connectivity index (χ2v) is 10.2. The molecule has 1 atom stereocenters. The maximum atomic E-state index is 14.9. The molecular formula is C31H33F3O. The Morgan fingerprint density at radius 3 is 2.00 bits per heavy atom. The molecule has 0 aromatic heterocycles. The van der Waals surface area contributed by atoms with Crippen LogP contribution in [0, 0.1) is 23.4 Å². The van der Waals surface area contributed by atoms with Crippen molar-refractivity contribution in [1.29, 1.82) is 0 Å². The van der Waals surface area contributed by atoms with E-state index >= 15 is 0 Å². The molecular weight excluding hydrogens is 445 g/mol. The second-order valence-electron chi connectivity index (χ2n) is 10.2. The van der Waals surface area contributed by atoms with Gasteiger partial charge in [0.05, 0.1) is 12.2 Å². The van der Waals surface area contributed by atoms with E-state index in [0.29, 0.717) is 18.9 Å². The Morgan fingerprint density at radius 2 is 1.40 bits per heavy atom. The molecule has 0 radical (unpaired) electrons. The molecule has 0 amide bonds. The van der Waals surface area contributed by atoms with Crippen molar-refractivity contribution < 1.29 is 17.9 Å². The summed E-state index contributed by atoms with van der Waals surface area (Å²) in [7, 11) is 0.